The lowest BCUT2D eigenvalue weighted by Gasteiger charge is -2.00. The molecule has 1 aromatic rings. The van der Waals surface area contributed by atoms with Gasteiger partial charge in [0.1, 0.15) is 0 Å². The summed E-state index contributed by atoms with van der Waals surface area (Å²) in [5.74, 6) is 0.0215. The molecule has 0 aliphatic rings. The van der Waals surface area contributed by atoms with E-state index in [1.54, 1.807) is 11.3 Å². The van der Waals surface area contributed by atoms with Crippen molar-refractivity contribution in [2.75, 3.05) is 11.9 Å². The molecule has 0 unspecified atom stereocenters. The molecule has 0 bridgehead atoms. The molecule has 0 atom stereocenters. The summed E-state index contributed by atoms with van der Waals surface area (Å²) in [5.41, 5.74) is 1.84. The Kier molecular flexibility index (Phi) is 3.75. The maximum absolute atomic E-state index is 11.4. The highest BCUT2D eigenvalue weighted by Gasteiger charge is 2.07. The molecule has 1 amide bonds. The Hall–Kier alpha value is -0.350. The van der Waals surface area contributed by atoms with Gasteiger partial charge in [-0.2, -0.15) is 11.3 Å². The molecule has 0 saturated heterocycles. The average molecular weight is 248 g/mol. The third kappa shape index (κ3) is 2.32. The molecule has 4 heteroatoms. The Morgan fingerprint density at radius 2 is 2.42 bits per heavy atom. The van der Waals surface area contributed by atoms with Crippen molar-refractivity contribution < 1.29 is 4.79 Å². The Balaban J connectivity index is 2.59. The van der Waals surface area contributed by atoms with Crippen LogP contribution in [0.1, 0.15) is 15.9 Å². The molecular formula is C8H10BrNOS. The van der Waals surface area contributed by atoms with Gasteiger partial charge < -0.3 is 5.32 Å². The summed E-state index contributed by atoms with van der Waals surface area (Å²) in [6, 6.07) is 0. The maximum atomic E-state index is 11.4. The molecule has 12 heavy (non-hydrogen) atoms. The Morgan fingerprint density at radius 1 is 1.67 bits per heavy atom. The Morgan fingerprint density at radius 3 is 2.92 bits per heavy atom. The summed E-state index contributed by atoms with van der Waals surface area (Å²) >= 11 is 4.80. The number of alkyl halides is 1. The molecule has 2 nitrogen and oxygen atoms in total. The SMILES string of the molecule is Cc1cscc1C(=O)NCCBr. The summed E-state index contributed by atoms with van der Waals surface area (Å²) in [6.45, 7) is 2.62. The largest absolute Gasteiger partial charge is 0.351 e. The van der Waals surface area contributed by atoms with Gasteiger partial charge in [0, 0.05) is 17.3 Å². The fourth-order valence-electron chi connectivity index (χ4n) is 0.849. The standard InChI is InChI=1S/C8H10BrNOS/c1-6-4-12-5-7(6)8(11)10-3-2-9/h4-5H,2-3H2,1H3,(H,10,11). The summed E-state index contributed by atoms with van der Waals surface area (Å²) in [7, 11) is 0. The molecule has 1 heterocycles. The van der Waals surface area contributed by atoms with Crippen molar-refractivity contribution in [1.29, 1.82) is 0 Å². The number of carbonyl (C=O) groups is 1. The highest BCUT2D eigenvalue weighted by atomic mass is 79.9. The molecule has 0 saturated carbocycles. The minimum Gasteiger partial charge on any atom is -0.351 e. The van der Waals surface area contributed by atoms with Crippen LogP contribution in [0.3, 0.4) is 0 Å². The second kappa shape index (κ2) is 4.62. The second-order valence-electron chi connectivity index (χ2n) is 2.41. The van der Waals surface area contributed by atoms with Crippen LogP contribution in [0.5, 0.6) is 0 Å². The zero-order valence-corrected chi connectivity index (χ0v) is 9.17. The first-order valence-electron chi connectivity index (χ1n) is 3.62. The molecule has 0 fully saturated rings. The maximum Gasteiger partial charge on any atom is 0.252 e. The predicted molar refractivity (Wildman–Crippen MR) is 55.2 cm³/mol. The number of thiophene rings is 1. The molecule has 0 aliphatic carbocycles. The molecule has 0 radical (unpaired) electrons. The van der Waals surface area contributed by atoms with E-state index in [2.05, 4.69) is 21.2 Å². The van der Waals surface area contributed by atoms with Gasteiger partial charge in [0.25, 0.3) is 5.91 Å². The molecule has 1 rings (SSSR count). The van der Waals surface area contributed by atoms with E-state index in [-0.39, 0.29) is 5.91 Å². The smallest absolute Gasteiger partial charge is 0.252 e. The van der Waals surface area contributed by atoms with E-state index >= 15 is 0 Å². The number of nitrogens with one attached hydrogen (secondary N) is 1. The van der Waals surface area contributed by atoms with Crippen molar-refractivity contribution in [3.8, 4) is 0 Å². The lowest BCUT2D eigenvalue weighted by Crippen LogP contribution is -2.25. The number of rotatable bonds is 3. The molecule has 0 aromatic carbocycles. The Labute approximate surface area is 84.1 Å². The van der Waals surface area contributed by atoms with E-state index in [0.717, 1.165) is 16.5 Å². The van der Waals surface area contributed by atoms with Crippen molar-refractivity contribution >= 4 is 33.2 Å². The van der Waals surface area contributed by atoms with Gasteiger partial charge >= 0.3 is 0 Å². The molecule has 1 N–H and O–H groups in total. The van der Waals surface area contributed by atoms with Crippen LogP contribution in [0.15, 0.2) is 10.8 Å². The predicted octanol–water partition coefficient (Wildman–Crippen LogP) is 2.18. The van der Waals surface area contributed by atoms with Crippen LogP contribution in [0.2, 0.25) is 0 Å². The topological polar surface area (TPSA) is 29.1 Å². The van der Waals surface area contributed by atoms with Crippen LogP contribution in [0.25, 0.3) is 0 Å². The van der Waals surface area contributed by atoms with E-state index in [1.165, 1.54) is 0 Å². The van der Waals surface area contributed by atoms with E-state index < -0.39 is 0 Å². The highest BCUT2D eigenvalue weighted by molar-refractivity contribution is 9.09. The lowest BCUT2D eigenvalue weighted by atomic mass is 10.2. The molecule has 0 spiro atoms. The number of aryl methyl sites for hydroxylation is 1. The molecule has 0 aliphatic heterocycles. The molecule has 66 valence electrons. The summed E-state index contributed by atoms with van der Waals surface area (Å²) < 4.78 is 0. The summed E-state index contributed by atoms with van der Waals surface area (Å²) in [5, 5.41) is 7.44. The van der Waals surface area contributed by atoms with Gasteiger partial charge in [0.05, 0.1) is 5.56 Å². The van der Waals surface area contributed by atoms with Gasteiger partial charge in [-0.1, -0.05) is 15.9 Å². The first-order valence-corrected chi connectivity index (χ1v) is 5.69. The fourth-order valence-corrected chi connectivity index (χ4v) is 1.88. The van der Waals surface area contributed by atoms with Gasteiger partial charge in [-0.05, 0) is 17.9 Å². The minimum absolute atomic E-state index is 0.0215. The van der Waals surface area contributed by atoms with E-state index in [1.807, 2.05) is 17.7 Å². The van der Waals surface area contributed by atoms with Crippen molar-refractivity contribution in [2.24, 2.45) is 0 Å². The van der Waals surface area contributed by atoms with Crippen molar-refractivity contribution in [3.63, 3.8) is 0 Å². The number of amides is 1. The monoisotopic (exact) mass is 247 g/mol. The highest BCUT2D eigenvalue weighted by Crippen LogP contribution is 2.12. The van der Waals surface area contributed by atoms with E-state index in [4.69, 9.17) is 0 Å². The van der Waals surface area contributed by atoms with Gasteiger partial charge in [0.2, 0.25) is 0 Å². The van der Waals surface area contributed by atoms with Crippen LogP contribution in [0, 0.1) is 6.92 Å². The van der Waals surface area contributed by atoms with Crippen LogP contribution in [-0.2, 0) is 0 Å². The van der Waals surface area contributed by atoms with Crippen LogP contribution in [-0.4, -0.2) is 17.8 Å². The van der Waals surface area contributed by atoms with Gasteiger partial charge in [-0.15, -0.1) is 0 Å². The zero-order chi connectivity index (χ0) is 8.97. The number of hydrogen-bond donors (Lipinski definition) is 1. The summed E-state index contributed by atoms with van der Waals surface area (Å²) in [4.78, 5) is 11.4. The molecular weight excluding hydrogens is 238 g/mol. The van der Waals surface area contributed by atoms with Crippen LogP contribution in [0.4, 0.5) is 0 Å². The van der Waals surface area contributed by atoms with Crippen molar-refractivity contribution in [2.45, 2.75) is 6.92 Å². The van der Waals surface area contributed by atoms with Crippen LogP contribution >= 0.6 is 27.3 Å². The minimum atomic E-state index is 0.0215. The fraction of sp³-hybridized carbons (Fsp3) is 0.375. The van der Waals surface area contributed by atoms with E-state index in [0.29, 0.717) is 6.54 Å². The normalized spacial score (nSPS) is 9.83. The van der Waals surface area contributed by atoms with Crippen molar-refractivity contribution in [1.82, 2.24) is 5.32 Å². The van der Waals surface area contributed by atoms with Gasteiger partial charge in [0.15, 0.2) is 0 Å². The Bertz CT molecular complexity index is 272. The first kappa shape index (κ1) is 9.74. The van der Waals surface area contributed by atoms with E-state index in [9.17, 15) is 4.79 Å². The van der Waals surface area contributed by atoms with Crippen molar-refractivity contribution in [3.05, 3.63) is 21.9 Å². The number of hydrogen-bond acceptors (Lipinski definition) is 2. The lowest BCUT2D eigenvalue weighted by molar-refractivity contribution is 0.0956. The third-order valence-corrected chi connectivity index (χ3v) is 2.74. The number of halogens is 1. The molecule has 1 aromatic heterocycles. The van der Waals surface area contributed by atoms with Gasteiger partial charge in [-0.3, -0.25) is 4.79 Å². The number of carbonyl (C=O) groups excluding carboxylic acids is 1. The van der Waals surface area contributed by atoms with Gasteiger partial charge in [-0.25, -0.2) is 0 Å². The summed E-state index contributed by atoms with van der Waals surface area (Å²) in [6.07, 6.45) is 0. The first-order chi connectivity index (χ1) is 5.75. The third-order valence-electron chi connectivity index (χ3n) is 1.48. The van der Waals surface area contributed by atoms with Crippen LogP contribution < -0.4 is 5.32 Å². The quantitative estimate of drug-likeness (QED) is 0.816. The average Bonchev–Trinajstić information content (AvgIpc) is 2.47. The second-order valence-corrected chi connectivity index (χ2v) is 3.95. The zero-order valence-electron chi connectivity index (χ0n) is 6.76.